The van der Waals surface area contributed by atoms with E-state index >= 15 is 0 Å². The summed E-state index contributed by atoms with van der Waals surface area (Å²) >= 11 is 0. The zero-order chi connectivity index (χ0) is 11.8. The quantitative estimate of drug-likeness (QED) is 0.503. The number of nitrogens with zero attached hydrogens (tertiary/aromatic N) is 1. The number of hydrogen-bond donors (Lipinski definition) is 0. The largest absolute Gasteiger partial charge is 0.331 e. The van der Waals surface area contributed by atoms with Crippen LogP contribution in [0.5, 0.6) is 0 Å². The number of rotatable bonds is 0. The minimum absolute atomic E-state index is 0.00134. The Bertz CT molecular complexity index is 519. The predicted molar refractivity (Wildman–Crippen MR) is 63.6 cm³/mol. The van der Waals surface area contributed by atoms with Gasteiger partial charge in [0.1, 0.15) is 0 Å². The third-order valence-electron chi connectivity index (χ3n) is 3.46. The monoisotopic (exact) mass is 227 g/mol. The molecule has 2 aliphatic rings. The topological polar surface area (TPSA) is 37.4 Å². The summed E-state index contributed by atoms with van der Waals surface area (Å²) in [7, 11) is 0. The van der Waals surface area contributed by atoms with Gasteiger partial charge in [-0.1, -0.05) is 36.4 Å². The van der Waals surface area contributed by atoms with E-state index in [0.29, 0.717) is 12.1 Å². The van der Waals surface area contributed by atoms with Crippen LogP contribution in [0.25, 0.3) is 0 Å². The van der Waals surface area contributed by atoms with Gasteiger partial charge in [-0.2, -0.15) is 0 Å². The van der Waals surface area contributed by atoms with Gasteiger partial charge in [-0.25, -0.2) is 0 Å². The number of hydrogen-bond acceptors (Lipinski definition) is 2. The Morgan fingerprint density at radius 3 is 2.82 bits per heavy atom. The second kappa shape index (κ2) is 3.84. The maximum atomic E-state index is 12.0. The minimum atomic E-state index is -0.0556. The Morgan fingerprint density at radius 1 is 1.12 bits per heavy atom. The lowest BCUT2D eigenvalue weighted by atomic mass is 9.94. The molecule has 0 aliphatic carbocycles. The second-order valence-electron chi connectivity index (χ2n) is 4.46. The average Bonchev–Trinajstić information content (AvgIpc) is 2.48. The lowest BCUT2D eigenvalue weighted by Crippen LogP contribution is -2.35. The highest BCUT2D eigenvalue weighted by Gasteiger charge is 2.33. The van der Waals surface area contributed by atoms with Crippen LogP contribution in [0.15, 0.2) is 36.4 Å². The number of Topliss-reactive ketones (excluding diaryl/α,β-unsaturated/α-hetero) is 1. The van der Waals surface area contributed by atoms with Crippen molar-refractivity contribution in [2.45, 2.75) is 18.9 Å². The van der Waals surface area contributed by atoms with Crippen LogP contribution in [-0.2, 0) is 4.79 Å². The number of carbonyl (C=O) groups excluding carboxylic acids is 2. The van der Waals surface area contributed by atoms with E-state index in [9.17, 15) is 9.59 Å². The molecule has 17 heavy (non-hydrogen) atoms. The molecule has 3 nitrogen and oxygen atoms in total. The molecule has 1 atom stereocenters. The Morgan fingerprint density at radius 2 is 1.94 bits per heavy atom. The Balaban J connectivity index is 2.16. The van der Waals surface area contributed by atoms with Crippen molar-refractivity contribution < 1.29 is 9.59 Å². The molecule has 2 aliphatic heterocycles. The van der Waals surface area contributed by atoms with E-state index in [0.717, 1.165) is 12.0 Å². The van der Waals surface area contributed by atoms with Crippen molar-refractivity contribution in [2.24, 2.45) is 0 Å². The fourth-order valence-electron chi connectivity index (χ4n) is 2.61. The summed E-state index contributed by atoms with van der Waals surface area (Å²) < 4.78 is 0. The van der Waals surface area contributed by atoms with Gasteiger partial charge in [-0.15, -0.1) is 0 Å². The summed E-state index contributed by atoms with van der Waals surface area (Å²) in [6.07, 6.45) is 4.88. The van der Waals surface area contributed by atoms with Gasteiger partial charge in [0.2, 0.25) is 5.91 Å². The van der Waals surface area contributed by atoms with E-state index in [-0.39, 0.29) is 24.2 Å². The first kappa shape index (κ1) is 10.3. The smallest absolute Gasteiger partial charge is 0.231 e. The number of fused-ring (bicyclic) bond motifs is 3. The van der Waals surface area contributed by atoms with Gasteiger partial charge >= 0.3 is 0 Å². The van der Waals surface area contributed by atoms with Gasteiger partial charge < -0.3 is 4.90 Å². The SMILES string of the molecule is O=C1CC(=O)N2CC=CCC2c2ccccc21. The van der Waals surface area contributed by atoms with E-state index in [1.807, 2.05) is 35.2 Å². The predicted octanol–water partition coefficient (Wildman–Crippen LogP) is 2.10. The molecular formula is C14H13NO2. The van der Waals surface area contributed by atoms with Crippen molar-refractivity contribution in [1.82, 2.24) is 4.90 Å². The second-order valence-corrected chi connectivity index (χ2v) is 4.46. The lowest BCUT2D eigenvalue weighted by molar-refractivity contribution is -0.132. The van der Waals surface area contributed by atoms with Gasteiger partial charge in [-0.05, 0) is 12.0 Å². The molecule has 0 bridgehead atoms. The first-order valence-electron chi connectivity index (χ1n) is 5.84. The Kier molecular flexibility index (Phi) is 2.32. The maximum Gasteiger partial charge on any atom is 0.231 e. The van der Waals surface area contributed by atoms with E-state index in [1.165, 1.54) is 0 Å². The van der Waals surface area contributed by atoms with Crippen LogP contribution in [0.1, 0.15) is 34.8 Å². The van der Waals surface area contributed by atoms with Crippen LogP contribution in [-0.4, -0.2) is 23.1 Å². The Hall–Kier alpha value is -1.90. The van der Waals surface area contributed by atoms with Crippen LogP contribution in [0.4, 0.5) is 0 Å². The normalized spacial score (nSPS) is 23.1. The van der Waals surface area contributed by atoms with Crippen molar-refractivity contribution in [3.63, 3.8) is 0 Å². The van der Waals surface area contributed by atoms with Crippen molar-refractivity contribution in [1.29, 1.82) is 0 Å². The molecule has 1 aromatic rings. The molecule has 2 heterocycles. The van der Waals surface area contributed by atoms with E-state index in [1.54, 1.807) is 0 Å². The summed E-state index contributed by atoms with van der Waals surface area (Å²) in [4.78, 5) is 25.8. The summed E-state index contributed by atoms with van der Waals surface area (Å²) in [5.41, 5.74) is 1.70. The fourth-order valence-corrected chi connectivity index (χ4v) is 2.61. The number of benzene rings is 1. The van der Waals surface area contributed by atoms with Gasteiger partial charge in [0.15, 0.2) is 5.78 Å². The standard InChI is InChI=1S/C14H13NO2/c16-13-9-14(17)15-8-4-3-7-12(15)10-5-1-2-6-11(10)13/h1-6,12H,7-9H2. The molecule has 1 amide bonds. The van der Waals surface area contributed by atoms with Gasteiger partial charge in [-0.3, -0.25) is 9.59 Å². The molecule has 0 aromatic heterocycles. The highest BCUT2D eigenvalue weighted by molar-refractivity contribution is 6.09. The van der Waals surface area contributed by atoms with Crippen LogP contribution >= 0.6 is 0 Å². The van der Waals surface area contributed by atoms with Crippen LogP contribution in [0.3, 0.4) is 0 Å². The molecule has 0 spiro atoms. The zero-order valence-electron chi connectivity index (χ0n) is 9.43. The maximum absolute atomic E-state index is 12.0. The van der Waals surface area contributed by atoms with Gasteiger partial charge in [0.25, 0.3) is 0 Å². The van der Waals surface area contributed by atoms with E-state index in [4.69, 9.17) is 0 Å². The summed E-state index contributed by atoms with van der Waals surface area (Å²) in [6.45, 7) is 0.616. The molecule has 0 N–H and O–H groups in total. The fraction of sp³-hybridized carbons (Fsp3) is 0.286. The van der Waals surface area contributed by atoms with E-state index < -0.39 is 0 Å². The first-order valence-corrected chi connectivity index (χ1v) is 5.84. The van der Waals surface area contributed by atoms with Crippen LogP contribution in [0, 0.1) is 0 Å². The van der Waals surface area contributed by atoms with Crippen LogP contribution in [0.2, 0.25) is 0 Å². The molecule has 3 heteroatoms. The molecule has 0 saturated heterocycles. The molecule has 1 unspecified atom stereocenters. The van der Waals surface area contributed by atoms with Crippen molar-refractivity contribution in [3.8, 4) is 0 Å². The number of amides is 1. The molecule has 3 rings (SSSR count). The first-order chi connectivity index (χ1) is 8.27. The van der Waals surface area contributed by atoms with Gasteiger partial charge in [0.05, 0.1) is 12.5 Å². The highest BCUT2D eigenvalue weighted by atomic mass is 16.2. The van der Waals surface area contributed by atoms with Crippen LogP contribution < -0.4 is 0 Å². The molecule has 0 saturated carbocycles. The molecular weight excluding hydrogens is 214 g/mol. The third-order valence-corrected chi connectivity index (χ3v) is 3.46. The Labute approximate surface area is 99.7 Å². The molecule has 0 fully saturated rings. The zero-order valence-corrected chi connectivity index (χ0v) is 9.43. The summed E-state index contributed by atoms with van der Waals surface area (Å²) in [5, 5.41) is 0. The van der Waals surface area contributed by atoms with Crippen molar-refractivity contribution >= 4 is 11.7 Å². The van der Waals surface area contributed by atoms with E-state index in [2.05, 4.69) is 6.08 Å². The molecule has 1 aromatic carbocycles. The highest BCUT2D eigenvalue weighted by Crippen LogP contribution is 2.33. The number of ketones is 1. The number of carbonyl (C=O) groups is 2. The summed E-state index contributed by atoms with van der Waals surface area (Å²) in [5.74, 6) is -0.111. The third kappa shape index (κ3) is 1.58. The molecule has 86 valence electrons. The lowest BCUT2D eigenvalue weighted by Gasteiger charge is -2.32. The average molecular weight is 227 g/mol. The van der Waals surface area contributed by atoms with Crippen molar-refractivity contribution in [2.75, 3.05) is 6.54 Å². The summed E-state index contributed by atoms with van der Waals surface area (Å²) in [6, 6.07) is 7.61. The molecule has 0 radical (unpaired) electrons. The van der Waals surface area contributed by atoms with Gasteiger partial charge in [0, 0.05) is 12.1 Å². The minimum Gasteiger partial charge on any atom is -0.331 e. The van der Waals surface area contributed by atoms with Crippen molar-refractivity contribution in [3.05, 3.63) is 47.5 Å².